The first-order valence-corrected chi connectivity index (χ1v) is 6.84. The molecule has 0 amide bonds. The molecule has 1 heterocycles. The Bertz CT molecular complexity index is 373. The molecule has 5 nitrogen and oxygen atoms in total. The van der Waals surface area contributed by atoms with Gasteiger partial charge in [0, 0.05) is 13.1 Å². The van der Waals surface area contributed by atoms with Crippen LogP contribution in [0.2, 0.25) is 0 Å². The average molecular weight is 317 g/mol. The van der Waals surface area contributed by atoms with Crippen LogP contribution in [-0.4, -0.2) is 55.7 Å². The Kier molecular flexibility index (Phi) is 6.35. The summed E-state index contributed by atoms with van der Waals surface area (Å²) in [6.45, 7) is 5.00. The van der Waals surface area contributed by atoms with Gasteiger partial charge in [-0.25, -0.2) is 4.98 Å². The lowest BCUT2D eigenvalue weighted by atomic mass is 10.3. The van der Waals surface area contributed by atoms with Gasteiger partial charge >= 0.3 is 0 Å². The number of anilines is 1. The van der Waals surface area contributed by atoms with Gasteiger partial charge in [0.15, 0.2) is 0 Å². The van der Waals surface area contributed by atoms with Crippen LogP contribution in [0.5, 0.6) is 5.88 Å². The molecule has 0 N–H and O–H groups in total. The first-order valence-electron chi connectivity index (χ1n) is 6.04. The first kappa shape index (κ1) is 15.2. The molecular weight excluding hydrogens is 296 g/mol. The zero-order chi connectivity index (χ0) is 13.5. The molecule has 0 unspecified atom stereocenters. The van der Waals surface area contributed by atoms with E-state index in [2.05, 4.69) is 56.7 Å². The number of ether oxygens (including phenoxy) is 1. The summed E-state index contributed by atoms with van der Waals surface area (Å²) in [6, 6.07) is 0. The minimum atomic E-state index is 0.575. The van der Waals surface area contributed by atoms with Crippen LogP contribution in [0.1, 0.15) is 13.3 Å². The van der Waals surface area contributed by atoms with E-state index in [1.54, 1.807) is 13.3 Å². The third-order valence-electron chi connectivity index (χ3n) is 2.59. The lowest BCUT2D eigenvalue weighted by molar-refractivity contribution is 0.391. The van der Waals surface area contributed by atoms with E-state index in [0.717, 1.165) is 36.5 Å². The topological polar surface area (TPSA) is 41.5 Å². The van der Waals surface area contributed by atoms with E-state index < -0.39 is 0 Å². The number of nitrogens with zero attached hydrogens (tertiary/aromatic N) is 4. The number of aromatic nitrogens is 2. The van der Waals surface area contributed by atoms with Crippen molar-refractivity contribution in [3.63, 3.8) is 0 Å². The summed E-state index contributed by atoms with van der Waals surface area (Å²) in [5.74, 6) is 1.29. The predicted molar refractivity (Wildman–Crippen MR) is 77.3 cm³/mol. The molecule has 1 aromatic heterocycles. The molecule has 1 rings (SSSR count). The normalized spacial score (nSPS) is 10.8. The lowest BCUT2D eigenvalue weighted by Crippen LogP contribution is -2.28. The van der Waals surface area contributed by atoms with Crippen molar-refractivity contribution in [2.45, 2.75) is 13.3 Å². The van der Waals surface area contributed by atoms with E-state index in [1.165, 1.54) is 0 Å². The maximum Gasteiger partial charge on any atom is 0.232 e. The second kappa shape index (κ2) is 7.53. The molecule has 0 spiro atoms. The first-order chi connectivity index (χ1) is 8.58. The third kappa shape index (κ3) is 4.42. The van der Waals surface area contributed by atoms with Crippen molar-refractivity contribution in [3.05, 3.63) is 10.7 Å². The van der Waals surface area contributed by atoms with Gasteiger partial charge in [-0.2, -0.15) is 4.98 Å². The van der Waals surface area contributed by atoms with Crippen molar-refractivity contribution in [2.24, 2.45) is 0 Å². The van der Waals surface area contributed by atoms with Crippen molar-refractivity contribution < 1.29 is 4.74 Å². The Balaban J connectivity index is 2.69. The van der Waals surface area contributed by atoms with E-state index in [1.807, 2.05) is 0 Å². The van der Waals surface area contributed by atoms with Gasteiger partial charge in [0.2, 0.25) is 11.8 Å². The van der Waals surface area contributed by atoms with Crippen molar-refractivity contribution in [1.29, 1.82) is 0 Å². The molecule has 0 aromatic carbocycles. The Hall–Kier alpha value is -0.880. The number of hydrogen-bond acceptors (Lipinski definition) is 5. The van der Waals surface area contributed by atoms with Crippen LogP contribution in [0, 0.1) is 0 Å². The van der Waals surface area contributed by atoms with E-state index in [9.17, 15) is 0 Å². The van der Waals surface area contributed by atoms with Gasteiger partial charge in [-0.3, -0.25) is 0 Å². The second-order valence-corrected chi connectivity index (χ2v) is 5.12. The number of hydrogen-bond donors (Lipinski definition) is 0. The highest BCUT2D eigenvalue weighted by Gasteiger charge is 2.11. The van der Waals surface area contributed by atoms with Crippen LogP contribution in [0.15, 0.2) is 10.7 Å². The molecule has 0 aliphatic heterocycles. The molecular formula is C12H21BrN4O. The summed E-state index contributed by atoms with van der Waals surface area (Å²) in [4.78, 5) is 13.1. The Morgan fingerprint density at radius 3 is 2.61 bits per heavy atom. The molecule has 0 bridgehead atoms. The Morgan fingerprint density at radius 1 is 1.33 bits per heavy atom. The van der Waals surface area contributed by atoms with Gasteiger partial charge < -0.3 is 14.5 Å². The fourth-order valence-corrected chi connectivity index (χ4v) is 1.97. The van der Waals surface area contributed by atoms with Gasteiger partial charge in [0.05, 0.1) is 17.8 Å². The lowest BCUT2D eigenvalue weighted by Gasteiger charge is -2.22. The molecule has 0 saturated carbocycles. The van der Waals surface area contributed by atoms with E-state index in [-0.39, 0.29) is 0 Å². The number of methoxy groups -OCH3 is 1. The van der Waals surface area contributed by atoms with Crippen LogP contribution in [-0.2, 0) is 0 Å². The smallest absolute Gasteiger partial charge is 0.232 e. The quantitative estimate of drug-likeness (QED) is 0.770. The highest BCUT2D eigenvalue weighted by molar-refractivity contribution is 9.10. The second-order valence-electron chi connectivity index (χ2n) is 4.26. The van der Waals surface area contributed by atoms with Crippen molar-refractivity contribution in [1.82, 2.24) is 14.9 Å². The molecule has 0 radical (unpaired) electrons. The fourth-order valence-electron chi connectivity index (χ4n) is 1.62. The van der Waals surface area contributed by atoms with Gasteiger partial charge in [-0.1, -0.05) is 0 Å². The standard InChI is InChI=1S/C12H21BrN4O/c1-5-17(8-6-7-16(2)3)12-14-9-10(13)11(15-12)18-4/h9H,5-8H2,1-4H3. The SMILES string of the molecule is CCN(CCCN(C)C)c1ncc(Br)c(OC)n1. The van der Waals surface area contributed by atoms with Gasteiger partial charge in [0.25, 0.3) is 0 Å². The molecule has 102 valence electrons. The van der Waals surface area contributed by atoms with Gasteiger partial charge in [0.1, 0.15) is 0 Å². The van der Waals surface area contributed by atoms with Crippen molar-refractivity contribution >= 4 is 21.9 Å². The Morgan fingerprint density at radius 2 is 2.06 bits per heavy atom. The van der Waals surface area contributed by atoms with Crippen molar-refractivity contribution in [3.8, 4) is 5.88 Å². The molecule has 1 aromatic rings. The molecule has 18 heavy (non-hydrogen) atoms. The van der Waals surface area contributed by atoms with Crippen LogP contribution in [0.4, 0.5) is 5.95 Å². The number of rotatable bonds is 7. The summed E-state index contributed by atoms with van der Waals surface area (Å²) in [6.07, 6.45) is 2.82. The van der Waals surface area contributed by atoms with E-state index >= 15 is 0 Å². The minimum Gasteiger partial charge on any atom is -0.480 e. The molecule has 0 atom stereocenters. The molecule has 0 saturated heterocycles. The summed E-state index contributed by atoms with van der Waals surface area (Å²) in [5.41, 5.74) is 0. The fraction of sp³-hybridized carbons (Fsp3) is 0.667. The van der Waals surface area contributed by atoms with Crippen molar-refractivity contribution in [2.75, 3.05) is 45.7 Å². The highest BCUT2D eigenvalue weighted by Crippen LogP contribution is 2.23. The number of halogens is 1. The summed E-state index contributed by atoms with van der Waals surface area (Å²) < 4.78 is 5.97. The van der Waals surface area contributed by atoms with Crippen LogP contribution in [0.25, 0.3) is 0 Å². The van der Waals surface area contributed by atoms with E-state index in [0.29, 0.717) is 5.88 Å². The zero-order valence-corrected chi connectivity index (χ0v) is 13.1. The molecule has 0 aliphatic rings. The van der Waals surface area contributed by atoms with Crippen LogP contribution >= 0.6 is 15.9 Å². The van der Waals surface area contributed by atoms with E-state index in [4.69, 9.17) is 4.74 Å². The molecule has 0 fully saturated rings. The monoisotopic (exact) mass is 316 g/mol. The van der Waals surface area contributed by atoms with Gasteiger partial charge in [-0.15, -0.1) is 0 Å². The maximum atomic E-state index is 5.19. The summed E-state index contributed by atoms with van der Waals surface area (Å²) in [5, 5.41) is 0. The average Bonchev–Trinajstić information content (AvgIpc) is 2.35. The largest absolute Gasteiger partial charge is 0.480 e. The minimum absolute atomic E-state index is 0.575. The molecule has 0 aliphatic carbocycles. The van der Waals surface area contributed by atoms with Gasteiger partial charge in [-0.05, 0) is 49.9 Å². The van der Waals surface area contributed by atoms with Crippen LogP contribution < -0.4 is 9.64 Å². The Labute approximate surface area is 117 Å². The third-order valence-corrected chi connectivity index (χ3v) is 3.13. The van der Waals surface area contributed by atoms with Crippen LogP contribution in [0.3, 0.4) is 0 Å². The summed E-state index contributed by atoms with van der Waals surface area (Å²) >= 11 is 3.36. The summed E-state index contributed by atoms with van der Waals surface area (Å²) in [7, 11) is 5.77. The predicted octanol–water partition coefficient (Wildman–Crippen LogP) is 2.03. The highest BCUT2D eigenvalue weighted by atomic mass is 79.9. The maximum absolute atomic E-state index is 5.19. The zero-order valence-electron chi connectivity index (χ0n) is 11.5. The molecule has 6 heteroatoms.